The molecule has 1 atom stereocenters. The van der Waals surface area contributed by atoms with Gasteiger partial charge in [-0.1, -0.05) is 0 Å². The van der Waals surface area contributed by atoms with Gasteiger partial charge in [0, 0.05) is 18.9 Å². The topological polar surface area (TPSA) is 73.2 Å². The SMILES string of the molecule is CS(=O)(=O)NCC1Cn2ccnc2CO1. The second-order valence-electron chi connectivity index (χ2n) is 3.55. The Morgan fingerprint density at radius 3 is 3.27 bits per heavy atom. The van der Waals surface area contributed by atoms with Gasteiger partial charge in [0.15, 0.2) is 0 Å². The first kappa shape index (κ1) is 10.6. The van der Waals surface area contributed by atoms with Crippen molar-refractivity contribution in [3.63, 3.8) is 0 Å². The molecule has 1 aliphatic rings. The summed E-state index contributed by atoms with van der Waals surface area (Å²) in [5, 5.41) is 0. The maximum atomic E-state index is 10.9. The largest absolute Gasteiger partial charge is 0.367 e. The third-order valence-electron chi connectivity index (χ3n) is 2.22. The zero-order chi connectivity index (χ0) is 10.9. The van der Waals surface area contributed by atoms with Gasteiger partial charge in [-0.15, -0.1) is 0 Å². The molecule has 1 unspecified atom stereocenters. The maximum absolute atomic E-state index is 10.9. The molecular weight excluding hydrogens is 218 g/mol. The highest BCUT2D eigenvalue weighted by Gasteiger charge is 2.19. The van der Waals surface area contributed by atoms with Gasteiger partial charge in [-0.05, 0) is 0 Å². The summed E-state index contributed by atoms with van der Waals surface area (Å²) >= 11 is 0. The van der Waals surface area contributed by atoms with E-state index in [1.807, 2.05) is 10.8 Å². The molecule has 1 aliphatic heterocycles. The lowest BCUT2D eigenvalue weighted by Gasteiger charge is -2.24. The lowest BCUT2D eigenvalue weighted by Crippen LogP contribution is -2.38. The second-order valence-corrected chi connectivity index (χ2v) is 5.38. The van der Waals surface area contributed by atoms with Crippen LogP contribution in [0.15, 0.2) is 12.4 Å². The summed E-state index contributed by atoms with van der Waals surface area (Å²) < 4.78 is 31.6. The molecule has 84 valence electrons. The number of imidazole rings is 1. The number of hydrogen-bond acceptors (Lipinski definition) is 4. The second kappa shape index (κ2) is 3.92. The molecule has 1 N–H and O–H groups in total. The van der Waals surface area contributed by atoms with Gasteiger partial charge in [0.2, 0.25) is 10.0 Å². The molecule has 15 heavy (non-hydrogen) atoms. The quantitative estimate of drug-likeness (QED) is 0.749. The first-order valence-corrected chi connectivity index (χ1v) is 6.50. The summed E-state index contributed by atoms with van der Waals surface area (Å²) in [6.45, 7) is 1.37. The van der Waals surface area contributed by atoms with Crippen molar-refractivity contribution in [1.29, 1.82) is 0 Å². The summed E-state index contributed by atoms with van der Waals surface area (Å²) in [6, 6.07) is 0. The number of fused-ring (bicyclic) bond motifs is 1. The summed E-state index contributed by atoms with van der Waals surface area (Å²) in [5.41, 5.74) is 0. The first-order chi connectivity index (χ1) is 7.04. The predicted molar refractivity (Wildman–Crippen MR) is 53.7 cm³/mol. The van der Waals surface area contributed by atoms with Crippen LogP contribution in [0, 0.1) is 0 Å². The number of rotatable bonds is 3. The third kappa shape index (κ3) is 2.77. The van der Waals surface area contributed by atoms with E-state index < -0.39 is 10.0 Å². The molecule has 6 nitrogen and oxygen atoms in total. The molecule has 2 heterocycles. The Hall–Kier alpha value is -0.920. The summed E-state index contributed by atoms with van der Waals surface area (Å²) in [6.07, 6.45) is 4.59. The fraction of sp³-hybridized carbons (Fsp3) is 0.625. The van der Waals surface area contributed by atoms with Gasteiger partial charge in [0.05, 0.1) is 18.9 Å². The molecule has 0 aromatic carbocycles. The van der Waals surface area contributed by atoms with Crippen LogP contribution >= 0.6 is 0 Å². The van der Waals surface area contributed by atoms with E-state index in [4.69, 9.17) is 4.74 Å². The fourth-order valence-corrected chi connectivity index (χ4v) is 1.97. The van der Waals surface area contributed by atoms with Gasteiger partial charge in [-0.3, -0.25) is 0 Å². The van der Waals surface area contributed by atoms with Crippen molar-refractivity contribution in [3.8, 4) is 0 Å². The molecule has 0 saturated heterocycles. The minimum absolute atomic E-state index is 0.124. The van der Waals surface area contributed by atoms with Crippen LogP contribution in [-0.4, -0.2) is 36.9 Å². The van der Waals surface area contributed by atoms with E-state index in [1.165, 1.54) is 0 Å². The lowest BCUT2D eigenvalue weighted by molar-refractivity contribution is 0.00588. The molecule has 2 rings (SSSR count). The fourth-order valence-electron chi connectivity index (χ4n) is 1.48. The van der Waals surface area contributed by atoms with Crippen LogP contribution in [0.1, 0.15) is 5.82 Å². The highest BCUT2D eigenvalue weighted by Crippen LogP contribution is 2.11. The monoisotopic (exact) mass is 231 g/mol. The van der Waals surface area contributed by atoms with Gasteiger partial charge in [0.25, 0.3) is 0 Å². The van der Waals surface area contributed by atoms with E-state index in [9.17, 15) is 8.42 Å². The van der Waals surface area contributed by atoms with Crippen molar-refractivity contribution < 1.29 is 13.2 Å². The predicted octanol–water partition coefficient (Wildman–Crippen LogP) is -0.669. The van der Waals surface area contributed by atoms with Crippen LogP contribution in [0.3, 0.4) is 0 Å². The van der Waals surface area contributed by atoms with E-state index in [0.717, 1.165) is 12.1 Å². The standard InChI is InChI=1S/C8H13N3O3S/c1-15(12,13)10-4-7-5-11-3-2-9-8(11)6-14-7/h2-3,7,10H,4-6H2,1H3. The number of nitrogens with zero attached hydrogens (tertiary/aromatic N) is 2. The highest BCUT2D eigenvalue weighted by molar-refractivity contribution is 7.88. The van der Waals surface area contributed by atoms with E-state index in [1.54, 1.807) is 6.20 Å². The smallest absolute Gasteiger partial charge is 0.208 e. The van der Waals surface area contributed by atoms with Crippen molar-refractivity contribution in [2.75, 3.05) is 12.8 Å². The van der Waals surface area contributed by atoms with Crippen molar-refractivity contribution in [2.24, 2.45) is 0 Å². The van der Waals surface area contributed by atoms with Crippen molar-refractivity contribution in [2.45, 2.75) is 19.3 Å². The summed E-state index contributed by atoms with van der Waals surface area (Å²) in [7, 11) is -3.14. The number of hydrogen-bond donors (Lipinski definition) is 1. The molecule has 0 saturated carbocycles. The number of nitrogens with one attached hydrogen (secondary N) is 1. The van der Waals surface area contributed by atoms with E-state index in [2.05, 4.69) is 9.71 Å². The van der Waals surface area contributed by atoms with E-state index in [-0.39, 0.29) is 6.10 Å². The van der Waals surface area contributed by atoms with E-state index >= 15 is 0 Å². The summed E-state index contributed by atoms with van der Waals surface area (Å²) in [5.74, 6) is 0.880. The Kier molecular flexibility index (Phi) is 2.76. The van der Waals surface area contributed by atoms with Crippen LogP contribution in [0.5, 0.6) is 0 Å². The third-order valence-corrected chi connectivity index (χ3v) is 2.91. The minimum Gasteiger partial charge on any atom is -0.367 e. The molecule has 0 spiro atoms. The molecule has 7 heteroatoms. The lowest BCUT2D eigenvalue weighted by atomic mass is 10.3. The molecule has 0 amide bonds. The van der Waals surface area contributed by atoms with Gasteiger partial charge in [-0.2, -0.15) is 0 Å². The Morgan fingerprint density at radius 2 is 2.53 bits per heavy atom. The Bertz CT molecular complexity index is 440. The van der Waals surface area contributed by atoms with Crippen LogP contribution in [0.2, 0.25) is 0 Å². The average molecular weight is 231 g/mol. The zero-order valence-electron chi connectivity index (χ0n) is 8.38. The van der Waals surface area contributed by atoms with Crippen LogP contribution in [0.25, 0.3) is 0 Å². The van der Waals surface area contributed by atoms with Crippen LogP contribution < -0.4 is 4.72 Å². The minimum atomic E-state index is -3.14. The van der Waals surface area contributed by atoms with Gasteiger partial charge in [0.1, 0.15) is 12.4 Å². The van der Waals surface area contributed by atoms with E-state index in [0.29, 0.717) is 19.7 Å². The highest BCUT2D eigenvalue weighted by atomic mass is 32.2. The van der Waals surface area contributed by atoms with Crippen LogP contribution in [0.4, 0.5) is 0 Å². The maximum Gasteiger partial charge on any atom is 0.208 e. The number of aromatic nitrogens is 2. The molecule has 1 aromatic heterocycles. The number of sulfonamides is 1. The summed E-state index contributed by atoms with van der Waals surface area (Å²) in [4.78, 5) is 4.10. The molecule has 0 aliphatic carbocycles. The molecule has 0 bridgehead atoms. The molecule has 1 aromatic rings. The molecule has 0 fully saturated rings. The van der Waals surface area contributed by atoms with Gasteiger partial charge < -0.3 is 9.30 Å². The zero-order valence-corrected chi connectivity index (χ0v) is 9.20. The van der Waals surface area contributed by atoms with Crippen molar-refractivity contribution in [1.82, 2.24) is 14.3 Å². The Morgan fingerprint density at radius 1 is 1.73 bits per heavy atom. The van der Waals surface area contributed by atoms with Crippen molar-refractivity contribution >= 4 is 10.0 Å². The first-order valence-electron chi connectivity index (χ1n) is 4.61. The normalized spacial score (nSPS) is 21.3. The van der Waals surface area contributed by atoms with Crippen LogP contribution in [-0.2, 0) is 27.9 Å². The Balaban J connectivity index is 1.93. The molecular formula is C8H13N3O3S. The average Bonchev–Trinajstić information content (AvgIpc) is 2.60. The molecule has 0 radical (unpaired) electrons. The number of ether oxygens (including phenoxy) is 1. The van der Waals surface area contributed by atoms with Crippen molar-refractivity contribution in [3.05, 3.63) is 18.2 Å². The van der Waals surface area contributed by atoms with Gasteiger partial charge >= 0.3 is 0 Å². The Labute approximate surface area is 88.3 Å². The van der Waals surface area contributed by atoms with Gasteiger partial charge in [-0.25, -0.2) is 18.1 Å².